The van der Waals surface area contributed by atoms with Gasteiger partial charge < -0.3 is 0 Å². The highest BCUT2D eigenvalue weighted by Crippen LogP contribution is 2.47. The molecule has 16 heavy (non-hydrogen) atoms. The Labute approximate surface area is 102 Å². The maximum atomic E-state index is 2.50. The van der Waals surface area contributed by atoms with Crippen LogP contribution in [-0.2, 0) is 0 Å². The first-order valence-electron chi connectivity index (χ1n) is 7.44. The van der Waals surface area contributed by atoms with Gasteiger partial charge >= 0.3 is 0 Å². The lowest BCUT2D eigenvalue weighted by molar-refractivity contribution is 0.148. The van der Waals surface area contributed by atoms with Crippen molar-refractivity contribution in [1.82, 2.24) is 0 Å². The first-order valence-corrected chi connectivity index (χ1v) is 7.44. The van der Waals surface area contributed by atoms with Crippen LogP contribution < -0.4 is 0 Å². The van der Waals surface area contributed by atoms with Crippen molar-refractivity contribution in [2.45, 2.75) is 66.2 Å². The van der Waals surface area contributed by atoms with Gasteiger partial charge in [0.25, 0.3) is 0 Å². The molecule has 0 nitrogen and oxygen atoms in total. The predicted octanol–water partition coefficient (Wildman–Crippen LogP) is 5.09. The summed E-state index contributed by atoms with van der Waals surface area (Å²) in [6.07, 6.45) is 8.74. The van der Waals surface area contributed by atoms with Crippen molar-refractivity contribution >= 4 is 0 Å². The van der Waals surface area contributed by atoms with E-state index in [-0.39, 0.29) is 0 Å². The van der Waals surface area contributed by atoms with Gasteiger partial charge in [0, 0.05) is 0 Å². The molecule has 0 aromatic rings. The van der Waals surface area contributed by atoms with Gasteiger partial charge in [-0.3, -0.25) is 0 Å². The third-order valence-corrected chi connectivity index (χ3v) is 5.49. The molecule has 2 rings (SSSR count). The molecule has 2 aliphatic carbocycles. The molecular formula is C16H29. The first-order chi connectivity index (χ1) is 7.59. The molecular weight excluding hydrogens is 192 g/mol. The molecule has 0 aromatic carbocycles. The van der Waals surface area contributed by atoms with E-state index < -0.39 is 0 Å². The standard InChI is InChI=1S/C16H29/c1-11-8-9-15(10-14(11)4)16-12(2)6-5-7-13(16)3/h11-14,16H,5-10H2,1-4H3. The quantitative estimate of drug-likeness (QED) is 0.578. The highest BCUT2D eigenvalue weighted by molar-refractivity contribution is 5.05. The van der Waals surface area contributed by atoms with E-state index in [1.54, 1.807) is 0 Å². The van der Waals surface area contributed by atoms with Crippen molar-refractivity contribution in [1.29, 1.82) is 0 Å². The van der Waals surface area contributed by atoms with Crippen molar-refractivity contribution in [3.05, 3.63) is 5.92 Å². The van der Waals surface area contributed by atoms with Crippen molar-refractivity contribution in [3.63, 3.8) is 0 Å². The summed E-state index contributed by atoms with van der Waals surface area (Å²) < 4.78 is 0. The zero-order valence-electron chi connectivity index (χ0n) is 11.6. The summed E-state index contributed by atoms with van der Waals surface area (Å²) in [7, 11) is 0. The van der Waals surface area contributed by atoms with Crippen LogP contribution in [0.5, 0.6) is 0 Å². The number of rotatable bonds is 1. The van der Waals surface area contributed by atoms with E-state index in [1.807, 2.05) is 5.92 Å². The molecule has 0 N–H and O–H groups in total. The Morgan fingerprint density at radius 1 is 0.750 bits per heavy atom. The Kier molecular flexibility index (Phi) is 3.97. The second-order valence-electron chi connectivity index (χ2n) is 6.77. The van der Waals surface area contributed by atoms with Crippen LogP contribution in [0, 0.1) is 35.5 Å². The topological polar surface area (TPSA) is 0 Å². The molecule has 0 saturated heterocycles. The molecule has 0 aliphatic heterocycles. The van der Waals surface area contributed by atoms with Crippen LogP contribution in [0.2, 0.25) is 0 Å². The lowest BCUT2D eigenvalue weighted by atomic mass is 9.61. The van der Waals surface area contributed by atoms with Crippen molar-refractivity contribution < 1.29 is 0 Å². The smallest absolute Gasteiger partial charge is 0.0202 e. The van der Waals surface area contributed by atoms with Crippen LogP contribution in [0.1, 0.15) is 66.2 Å². The Hall–Kier alpha value is 0. The van der Waals surface area contributed by atoms with Gasteiger partial charge in [-0.15, -0.1) is 0 Å². The average Bonchev–Trinajstić information content (AvgIpc) is 2.23. The zero-order chi connectivity index (χ0) is 11.7. The van der Waals surface area contributed by atoms with E-state index in [1.165, 1.54) is 38.5 Å². The fourth-order valence-corrected chi connectivity index (χ4v) is 4.20. The Bertz CT molecular complexity index is 210. The van der Waals surface area contributed by atoms with Crippen LogP contribution in [0.3, 0.4) is 0 Å². The lowest BCUT2D eigenvalue weighted by Gasteiger charge is -2.44. The van der Waals surface area contributed by atoms with Crippen LogP contribution in [0.25, 0.3) is 0 Å². The molecule has 0 heteroatoms. The minimum atomic E-state index is 0.935. The van der Waals surface area contributed by atoms with Crippen LogP contribution in [0.4, 0.5) is 0 Å². The van der Waals surface area contributed by atoms with E-state index >= 15 is 0 Å². The normalized spacial score (nSPS) is 46.9. The average molecular weight is 221 g/mol. The number of hydrogen-bond acceptors (Lipinski definition) is 0. The molecule has 2 saturated carbocycles. The predicted molar refractivity (Wildman–Crippen MR) is 71.1 cm³/mol. The summed E-state index contributed by atoms with van der Waals surface area (Å²) in [5.74, 6) is 6.70. The maximum absolute atomic E-state index is 2.50. The lowest BCUT2D eigenvalue weighted by Crippen LogP contribution is -2.34. The summed E-state index contributed by atoms with van der Waals surface area (Å²) in [6, 6.07) is 0. The van der Waals surface area contributed by atoms with Crippen molar-refractivity contribution in [2.75, 3.05) is 0 Å². The Morgan fingerprint density at radius 2 is 1.38 bits per heavy atom. The van der Waals surface area contributed by atoms with Crippen LogP contribution >= 0.6 is 0 Å². The van der Waals surface area contributed by atoms with Gasteiger partial charge in [-0.05, 0) is 54.8 Å². The van der Waals surface area contributed by atoms with E-state index in [9.17, 15) is 0 Å². The summed E-state index contributed by atoms with van der Waals surface area (Å²) in [5.41, 5.74) is 0. The van der Waals surface area contributed by atoms with Gasteiger partial charge in [-0.25, -0.2) is 0 Å². The third kappa shape index (κ3) is 2.46. The second-order valence-corrected chi connectivity index (χ2v) is 6.77. The van der Waals surface area contributed by atoms with Crippen LogP contribution in [0.15, 0.2) is 0 Å². The molecule has 4 atom stereocenters. The highest BCUT2D eigenvalue weighted by Gasteiger charge is 2.37. The van der Waals surface area contributed by atoms with E-state index in [2.05, 4.69) is 27.7 Å². The summed E-state index contributed by atoms with van der Waals surface area (Å²) in [4.78, 5) is 0. The monoisotopic (exact) mass is 221 g/mol. The fraction of sp³-hybridized carbons (Fsp3) is 0.938. The molecule has 4 unspecified atom stereocenters. The van der Waals surface area contributed by atoms with Gasteiger partial charge in [-0.1, -0.05) is 47.0 Å². The maximum Gasteiger partial charge on any atom is -0.0202 e. The molecule has 93 valence electrons. The minimum absolute atomic E-state index is 0.935. The van der Waals surface area contributed by atoms with Gasteiger partial charge in [-0.2, -0.15) is 0 Å². The fourth-order valence-electron chi connectivity index (χ4n) is 4.20. The number of hydrogen-bond donors (Lipinski definition) is 0. The van der Waals surface area contributed by atoms with Crippen LogP contribution in [-0.4, -0.2) is 0 Å². The second kappa shape index (κ2) is 5.10. The molecule has 0 bridgehead atoms. The Morgan fingerprint density at radius 3 is 1.94 bits per heavy atom. The van der Waals surface area contributed by atoms with E-state index in [0.717, 1.165) is 29.6 Å². The molecule has 0 spiro atoms. The first kappa shape index (κ1) is 12.5. The molecule has 0 heterocycles. The summed E-state index contributed by atoms with van der Waals surface area (Å²) in [5, 5.41) is 0. The molecule has 0 amide bonds. The summed E-state index contributed by atoms with van der Waals surface area (Å²) in [6.45, 7) is 9.89. The van der Waals surface area contributed by atoms with E-state index in [0.29, 0.717) is 0 Å². The Balaban J connectivity index is 2.00. The van der Waals surface area contributed by atoms with Gasteiger partial charge in [0.1, 0.15) is 0 Å². The van der Waals surface area contributed by atoms with Gasteiger partial charge in [0.2, 0.25) is 0 Å². The van der Waals surface area contributed by atoms with Crippen molar-refractivity contribution in [3.8, 4) is 0 Å². The summed E-state index contributed by atoms with van der Waals surface area (Å²) >= 11 is 0. The molecule has 1 radical (unpaired) electrons. The molecule has 2 fully saturated rings. The molecule has 0 aromatic heterocycles. The SMILES string of the molecule is CC1CC[C](C2C(C)CCCC2C)CC1C. The minimum Gasteiger partial charge on any atom is -0.0623 e. The van der Waals surface area contributed by atoms with Crippen molar-refractivity contribution in [2.24, 2.45) is 29.6 Å². The van der Waals surface area contributed by atoms with Gasteiger partial charge in [0.15, 0.2) is 0 Å². The largest absolute Gasteiger partial charge is 0.0623 e. The van der Waals surface area contributed by atoms with E-state index in [4.69, 9.17) is 0 Å². The highest BCUT2D eigenvalue weighted by atomic mass is 14.4. The zero-order valence-corrected chi connectivity index (χ0v) is 11.6. The molecule has 2 aliphatic rings. The van der Waals surface area contributed by atoms with Gasteiger partial charge in [0.05, 0.1) is 0 Å². The third-order valence-electron chi connectivity index (χ3n) is 5.49.